The number of hydrogen-bond acceptors (Lipinski definition) is 2. The van der Waals surface area contributed by atoms with Crippen molar-refractivity contribution in [1.29, 1.82) is 0 Å². The number of carbonyl (C=O) groups is 1. The minimum Gasteiger partial charge on any atom is -0.456 e. The lowest BCUT2D eigenvalue weighted by atomic mass is 9.86. The van der Waals surface area contributed by atoms with Gasteiger partial charge in [0.1, 0.15) is 17.3 Å². The summed E-state index contributed by atoms with van der Waals surface area (Å²) < 4.78 is 19.1. The summed E-state index contributed by atoms with van der Waals surface area (Å²) >= 11 is 0. The molecule has 0 heterocycles. The lowest BCUT2D eigenvalue weighted by Gasteiger charge is -2.23. The Labute approximate surface area is 124 Å². The lowest BCUT2D eigenvalue weighted by molar-refractivity contribution is 0.112. The molecule has 0 spiro atoms. The number of halogens is 1. The fourth-order valence-corrected chi connectivity index (χ4v) is 2.16. The van der Waals surface area contributed by atoms with E-state index >= 15 is 0 Å². The Morgan fingerprint density at radius 3 is 2.38 bits per heavy atom. The quantitative estimate of drug-likeness (QED) is 0.739. The molecule has 110 valence electrons. The van der Waals surface area contributed by atoms with Gasteiger partial charge in [0.2, 0.25) is 0 Å². The molecule has 3 heteroatoms. The van der Waals surface area contributed by atoms with E-state index < -0.39 is 5.82 Å². The molecule has 0 aliphatic carbocycles. The number of rotatable bonds is 3. The first-order chi connectivity index (χ1) is 9.81. The Hall–Kier alpha value is -2.16. The van der Waals surface area contributed by atoms with Gasteiger partial charge in [-0.3, -0.25) is 4.79 Å². The lowest BCUT2D eigenvalue weighted by Crippen LogP contribution is -2.12. The zero-order chi connectivity index (χ0) is 15.6. The molecular formula is C18H19FO2. The van der Waals surface area contributed by atoms with Gasteiger partial charge in [-0.2, -0.15) is 0 Å². The van der Waals surface area contributed by atoms with Gasteiger partial charge in [0.15, 0.2) is 6.29 Å². The summed E-state index contributed by atoms with van der Waals surface area (Å²) in [7, 11) is 0. The van der Waals surface area contributed by atoms with Gasteiger partial charge in [-0.05, 0) is 42.2 Å². The van der Waals surface area contributed by atoms with E-state index in [0.717, 1.165) is 11.1 Å². The van der Waals surface area contributed by atoms with E-state index in [9.17, 15) is 9.18 Å². The van der Waals surface area contributed by atoms with Gasteiger partial charge in [0, 0.05) is 5.56 Å². The molecule has 0 saturated heterocycles. The largest absolute Gasteiger partial charge is 0.456 e. The van der Waals surface area contributed by atoms with Crippen LogP contribution in [0, 0.1) is 12.7 Å². The molecule has 0 unspecified atom stereocenters. The van der Waals surface area contributed by atoms with Crippen molar-refractivity contribution in [3.63, 3.8) is 0 Å². The maximum atomic E-state index is 13.2. The van der Waals surface area contributed by atoms with Crippen molar-refractivity contribution < 1.29 is 13.9 Å². The molecule has 0 radical (unpaired) electrons. The topological polar surface area (TPSA) is 26.3 Å². The highest BCUT2D eigenvalue weighted by atomic mass is 19.1. The van der Waals surface area contributed by atoms with Crippen LogP contribution in [0.15, 0.2) is 36.4 Å². The number of carbonyl (C=O) groups excluding carboxylic acids is 1. The van der Waals surface area contributed by atoms with Gasteiger partial charge < -0.3 is 4.74 Å². The van der Waals surface area contributed by atoms with E-state index in [-0.39, 0.29) is 11.0 Å². The predicted octanol–water partition coefficient (Wildman–Crippen LogP) is 5.04. The van der Waals surface area contributed by atoms with E-state index in [2.05, 4.69) is 20.8 Å². The summed E-state index contributed by atoms with van der Waals surface area (Å²) in [6, 6.07) is 9.92. The van der Waals surface area contributed by atoms with Crippen LogP contribution in [-0.2, 0) is 5.41 Å². The molecule has 2 rings (SSSR count). The third kappa shape index (κ3) is 3.48. The van der Waals surface area contributed by atoms with Crippen molar-refractivity contribution >= 4 is 6.29 Å². The molecule has 0 aliphatic heterocycles. The number of hydrogen-bond donors (Lipinski definition) is 0. The van der Waals surface area contributed by atoms with Crippen molar-refractivity contribution in [1.82, 2.24) is 0 Å². The van der Waals surface area contributed by atoms with Crippen molar-refractivity contribution in [2.75, 3.05) is 0 Å². The number of ether oxygens (including phenoxy) is 1. The maximum Gasteiger partial charge on any atom is 0.153 e. The second-order valence-corrected chi connectivity index (χ2v) is 6.15. The highest BCUT2D eigenvalue weighted by Crippen LogP contribution is 2.35. The maximum absolute atomic E-state index is 13.2. The second kappa shape index (κ2) is 5.68. The van der Waals surface area contributed by atoms with E-state index in [1.807, 2.05) is 25.1 Å². The van der Waals surface area contributed by atoms with Crippen LogP contribution in [0.2, 0.25) is 0 Å². The molecule has 2 nitrogen and oxygen atoms in total. The summed E-state index contributed by atoms with van der Waals surface area (Å²) in [6.45, 7) is 8.26. The van der Waals surface area contributed by atoms with Crippen LogP contribution in [-0.4, -0.2) is 6.29 Å². The SMILES string of the molecule is Cc1ccc(C(C)(C)C)c(Oc2ccc(F)cc2C=O)c1. The standard InChI is InChI=1S/C18H19FO2/c1-12-5-7-15(18(2,3)4)17(9-12)21-16-8-6-14(19)10-13(16)11-20/h5-11H,1-4H3. The second-order valence-electron chi connectivity index (χ2n) is 6.15. The number of aryl methyl sites for hydroxylation is 1. The smallest absolute Gasteiger partial charge is 0.153 e. The summed E-state index contributed by atoms with van der Waals surface area (Å²) in [6.07, 6.45) is 0.602. The van der Waals surface area contributed by atoms with Gasteiger partial charge in [-0.1, -0.05) is 32.9 Å². The molecule has 0 bridgehead atoms. The highest BCUT2D eigenvalue weighted by molar-refractivity contribution is 5.79. The Morgan fingerprint density at radius 2 is 1.76 bits per heavy atom. The average molecular weight is 286 g/mol. The molecule has 0 saturated carbocycles. The number of benzene rings is 2. The molecule has 0 aromatic heterocycles. The zero-order valence-electron chi connectivity index (χ0n) is 12.7. The van der Waals surface area contributed by atoms with E-state index in [0.29, 0.717) is 17.8 Å². The number of aldehydes is 1. The van der Waals surface area contributed by atoms with Crippen LogP contribution < -0.4 is 4.74 Å². The molecule has 0 amide bonds. The van der Waals surface area contributed by atoms with Crippen LogP contribution >= 0.6 is 0 Å². The van der Waals surface area contributed by atoms with Gasteiger partial charge in [0.25, 0.3) is 0 Å². The first kappa shape index (κ1) is 15.2. The van der Waals surface area contributed by atoms with E-state index in [4.69, 9.17) is 4.74 Å². The normalized spacial score (nSPS) is 11.3. The third-order valence-corrected chi connectivity index (χ3v) is 3.26. The van der Waals surface area contributed by atoms with Crippen molar-refractivity contribution in [3.8, 4) is 11.5 Å². The average Bonchev–Trinajstić information content (AvgIpc) is 2.39. The highest BCUT2D eigenvalue weighted by Gasteiger charge is 2.20. The molecule has 2 aromatic carbocycles. The van der Waals surface area contributed by atoms with Crippen LogP contribution in [0.1, 0.15) is 42.3 Å². The Kier molecular flexibility index (Phi) is 4.12. The van der Waals surface area contributed by atoms with Crippen molar-refractivity contribution in [2.45, 2.75) is 33.1 Å². The molecule has 0 aliphatic rings. The minimum atomic E-state index is -0.454. The molecule has 0 atom stereocenters. The van der Waals surface area contributed by atoms with E-state index in [1.54, 1.807) is 0 Å². The molecule has 0 N–H and O–H groups in total. The van der Waals surface area contributed by atoms with Gasteiger partial charge >= 0.3 is 0 Å². The molecule has 2 aromatic rings. The van der Waals surface area contributed by atoms with Crippen LogP contribution in [0.5, 0.6) is 11.5 Å². The fourth-order valence-electron chi connectivity index (χ4n) is 2.16. The van der Waals surface area contributed by atoms with E-state index in [1.165, 1.54) is 18.2 Å². The minimum absolute atomic E-state index is 0.0929. The van der Waals surface area contributed by atoms with Crippen molar-refractivity contribution in [2.24, 2.45) is 0 Å². The molecule has 21 heavy (non-hydrogen) atoms. The predicted molar refractivity (Wildman–Crippen MR) is 81.7 cm³/mol. The summed E-state index contributed by atoms with van der Waals surface area (Å²) in [5, 5.41) is 0. The Balaban J connectivity index is 2.49. The summed E-state index contributed by atoms with van der Waals surface area (Å²) in [5.74, 6) is 0.601. The first-order valence-electron chi connectivity index (χ1n) is 6.85. The zero-order valence-corrected chi connectivity index (χ0v) is 12.7. The Bertz CT molecular complexity index is 669. The Morgan fingerprint density at radius 1 is 1.05 bits per heavy atom. The van der Waals surface area contributed by atoms with Gasteiger partial charge in [-0.25, -0.2) is 4.39 Å². The van der Waals surface area contributed by atoms with Crippen LogP contribution in [0.4, 0.5) is 4.39 Å². The molecular weight excluding hydrogens is 267 g/mol. The third-order valence-electron chi connectivity index (χ3n) is 3.26. The van der Waals surface area contributed by atoms with Crippen LogP contribution in [0.3, 0.4) is 0 Å². The van der Waals surface area contributed by atoms with Gasteiger partial charge in [-0.15, -0.1) is 0 Å². The van der Waals surface area contributed by atoms with Crippen molar-refractivity contribution in [3.05, 3.63) is 58.9 Å². The molecule has 0 fully saturated rings. The summed E-state index contributed by atoms with van der Waals surface area (Å²) in [4.78, 5) is 11.1. The van der Waals surface area contributed by atoms with Gasteiger partial charge in [0.05, 0.1) is 5.56 Å². The monoisotopic (exact) mass is 286 g/mol. The first-order valence-corrected chi connectivity index (χ1v) is 6.85. The summed E-state index contributed by atoms with van der Waals surface area (Å²) in [5.41, 5.74) is 2.21. The van der Waals surface area contributed by atoms with Crippen LogP contribution in [0.25, 0.3) is 0 Å². The fraction of sp³-hybridized carbons (Fsp3) is 0.278.